The van der Waals surface area contributed by atoms with Gasteiger partial charge < -0.3 is 4.90 Å². The van der Waals surface area contributed by atoms with E-state index in [2.05, 4.69) is 0 Å². The number of rotatable bonds is 6. The summed E-state index contributed by atoms with van der Waals surface area (Å²) >= 11 is 1.64. The Hall–Kier alpha value is -2.66. The van der Waals surface area contributed by atoms with E-state index in [0.717, 1.165) is 21.8 Å². The Morgan fingerprint density at radius 1 is 1.16 bits per heavy atom. The average molecular weight is 351 g/mol. The number of carbonyl (C=O) groups is 1. The van der Waals surface area contributed by atoms with Crippen molar-refractivity contribution in [3.05, 3.63) is 65.7 Å². The minimum Gasteiger partial charge on any atom is -0.340 e. The minimum atomic E-state index is 0.0228. The second kappa shape index (κ2) is 7.94. The van der Waals surface area contributed by atoms with E-state index in [0.29, 0.717) is 13.1 Å². The van der Waals surface area contributed by atoms with E-state index in [4.69, 9.17) is 5.10 Å². The number of aromatic nitrogens is 2. The first kappa shape index (κ1) is 17.2. The Morgan fingerprint density at radius 3 is 2.56 bits per heavy atom. The predicted molar refractivity (Wildman–Crippen MR) is 104 cm³/mol. The SMILES string of the molecule is CCN(CC)C(=O)/C=C\c1cn(-c2ccccc2)nc1-c1cccs1. The van der Waals surface area contributed by atoms with E-state index in [-0.39, 0.29) is 5.91 Å². The number of likely N-dealkylation sites (N-methyl/N-ethyl adjacent to an activating group) is 1. The lowest BCUT2D eigenvalue weighted by Gasteiger charge is -2.15. The number of carbonyl (C=O) groups excluding carboxylic acids is 1. The number of nitrogens with zero attached hydrogens (tertiary/aromatic N) is 3. The summed E-state index contributed by atoms with van der Waals surface area (Å²) < 4.78 is 1.86. The Kier molecular flexibility index (Phi) is 5.46. The fourth-order valence-electron chi connectivity index (χ4n) is 2.63. The van der Waals surface area contributed by atoms with Gasteiger partial charge in [-0.25, -0.2) is 4.68 Å². The Bertz CT molecular complexity index is 846. The third kappa shape index (κ3) is 3.88. The fourth-order valence-corrected chi connectivity index (χ4v) is 3.36. The molecule has 0 spiro atoms. The van der Waals surface area contributed by atoms with Gasteiger partial charge in [0.2, 0.25) is 5.91 Å². The standard InChI is InChI=1S/C20H21N3OS/c1-3-22(4-2)19(24)13-12-16-15-23(17-9-6-5-7-10-17)21-20(16)18-11-8-14-25-18/h5-15H,3-4H2,1-2H3/b13-12-. The fraction of sp³-hybridized carbons (Fsp3) is 0.200. The lowest BCUT2D eigenvalue weighted by Crippen LogP contribution is -2.28. The smallest absolute Gasteiger partial charge is 0.246 e. The van der Waals surface area contributed by atoms with Crippen molar-refractivity contribution in [3.8, 4) is 16.3 Å². The summed E-state index contributed by atoms with van der Waals surface area (Å²) in [7, 11) is 0. The molecule has 0 atom stereocenters. The highest BCUT2D eigenvalue weighted by molar-refractivity contribution is 7.13. The van der Waals surface area contributed by atoms with Gasteiger partial charge in [-0.05, 0) is 43.5 Å². The molecule has 0 aliphatic rings. The molecule has 2 heterocycles. The van der Waals surface area contributed by atoms with E-state index in [9.17, 15) is 4.79 Å². The first-order chi connectivity index (χ1) is 12.2. The third-order valence-corrected chi connectivity index (χ3v) is 4.88. The second-order valence-electron chi connectivity index (χ2n) is 5.53. The van der Waals surface area contributed by atoms with Gasteiger partial charge in [0.05, 0.1) is 10.6 Å². The Balaban J connectivity index is 1.97. The maximum atomic E-state index is 12.3. The zero-order valence-electron chi connectivity index (χ0n) is 14.4. The van der Waals surface area contributed by atoms with Crippen LogP contribution in [0.25, 0.3) is 22.3 Å². The summed E-state index contributed by atoms with van der Waals surface area (Å²) in [4.78, 5) is 15.1. The number of amides is 1. The predicted octanol–water partition coefficient (Wildman–Crippen LogP) is 4.48. The van der Waals surface area contributed by atoms with Crippen molar-refractivity contribution in [1.29, 1.82) is 0 Å². The van der Waals surface area contributed by atoms with E-state index in [1.165, 1.54) is 0 Å². The molecule has 25 heavy (non-hydrogen) atoms. The van der Waals surface area contributed by atoms with Crippen LogP contribution in [0.1, 0.15) is 19.4 Å². The molecule has 5 heteroatoms. The number of hydrogen-bond donors (Lipinski definition) is 0. The first-order valence-corrected chi connectivity index (χ1v) is 9.26. The molecule has 4 nitrogen and oxygen atoms in total. The van der Waals surface area contributed by atoms with E-state index >= 15 is 0 Å². The van der Waals surface area contributed by atoms with Crippen LogP contribution in [0.4, 0.5) is 0 Å². The molecule has 0 bridgehead atoms. The van der Waals surface area contributed by atoms with Crippen molar-refractivity contribution in [3.63, 3.8) is 0 Å². The maximum absolute atomic E-state index is 12.3. The highest BCUT2D eigenvalue weighted by atomic mass is 32.1. The highest BCUT2D eigenvalue weighted by Crippen LogP contribution is 2.28. The summed E-state index contributed by atoms with van der Waals surface area (Å²) in [5.74, 6) is 0.0228. The monoisotopic (exact) mass is 351 g/mol. The van der Waals surface area contributed by atoms with Crippen molar-refractivity contribution >= 4 is 23.3 Å². The van der Waals surface area contributed by atoms with Gasteiger partial charge in [0.1, 0.15) is 5.69 Å². The van der Waals surface area contributed by atoms with Crippen LogP contribution in [-0.4, -0.2) is 33.7 Å². The van der Waals surface area contributed by atoms with Crippen LogP contribution in [0, 0.1) is 0 Å². The molecule has 128 valence electrons. The van der Waals surface area contributed by atoms with Crippen LogP contribution < -0.4 is 0 Å². The maximum Gasteiger partial charge on any atom is 0.246 e. The third-order valence-electron chi connectivity index (χ3n) is 4.00. The van der Waals surface area contributed by atoms with Crippen LogP contribution in [0.15, 0.2) is 60.1 Å². The quantitative estimate of drug-likeness (QED) is 0.614. The van der Waals surface area contributed by atoms with E-state index in [1.54, 1.807) is 22.3 Å². The Labute approximate surface area is 152 Å². The van der Waals surface area contributed by atoms with Crippen LogP contribution in [-0.2, 0) is 4.79 Å². The van der Waals surface area contributed by atoms with Gasteiger partial charge >= 0.3 is 0 Å². The molecular formula is C20H21N3OS. The van der Waals surface area contributed by atoms with Gasteiger partial charge in [-0.3, -0.25) is 4.79 Å². The molecule has 0 N–H and O–H groups in total. The van der Waals surface area contributed by atoms with Crippen molar-refractivity contribution in [1.82, 2.24) is 14.7 Å². The molecule has 3 rings (SSSR count). The first-order valence-electron chi connectivity index (χ1n) is 8.39. The van der Waals surface area contributed by atoms with Crippen molar-refractivity contribution in [2.45, 2.75) is 13.8 Å². The van der Waals surface area contributed by atoms with Crippen molar-refractivity contribution in [2.24, 2.45) is 0 Å². The second-order valence-corrected chi connectivity index (χ2v) is 6.48. The summed E-state index contributed by atoms with van der Waals surface area (Å²) in [6, 6.07) is 14.0. The molecule has 2 aromatic heterocycles. The summed E-state index contributed by atoms with van der Waals surface area (Å²) in [5, 5.41) is 6.77. The van der Waals surface area contributed by atoms with Crippen LogP contribution in [0.5, 0.6) is 0 Å². The molecular weight excluding hydrogens is 330 g/mol. The highest BCUT2D eigenvalue weighted by Gasteiger charge is 2.12. The van der Waals surface area contributed by atoms with Gasteiger partial charge in [0.25, 0.3) is 0 Å². The van der Waals surface area contributed by atoms with Crippen molar-refractivity contribution < 1.29 is 4.79 Å². The minimum absolute atomic E-state index is 0.0228. The topological polar surface area (TPSA) is 38.1 Å². The van der Waals surface area contributed by atoms with Gasteiger partial charge in [-0.2, -0.15) is 5.10 Å². The van der Waals surface area contributed by atoms with Crippen molar-refractivity contribution in [2.75, 3.05) is 13.1 Å². The van der Waals surface area contributed by atoms with E-state index < -0.39 is 0 Å². The summed E-state index contributed by atoms with van der Waals surface area (Å²) in [5.41, 5.74) is 2.82. The van der Waals surface area contributed by atoms with Gasteiger partial charge in [0, 0.05) is 30.9 Å². The molecule has 1 amide bonds. The van der Waals surface area contributed by atoms with Crippen LogP contribution in [0.2, 0.25) is 0 Å². The molecule has 0 radical (unpaired) electrons. The normalized spacial score (nSPS) is 11.1. The molecule has 3 aromatic rings. The van der Waals surface area contributed by atoms with Gasteiger partial charge in [0.15, 0.2) is 0 Å². The van der Waals surface area contributed by atoms with Gasteiger partial charge in [-0.15, -0.1) is 11.3 Å². The molecule has 0 saturated heterocycles. The molecule has 1 aromatic carbocycles. The number of para-hydroxylation sites is 1. The Morgan fingerprint density at radius 2 is 1.92 bits per heavy atom. The number of thiophene rings is 1. The average Bonchev–Trinajstić information content (AvgIpc) is 3.31. The zero-order valence-corrected chi connectivity index (χ0v) is 15.2. The number of hydrogen-bond acceptors (Lipinski definition) is 3. The lowest BCUT2D eigenvalue weighted by atomic mass is 10.2. The molecule has 0 aliphatic carbocycles. The van der Waals surface area contributed by atoms with Gasteiger partial charge in [-0.1, -0.05) is 24.3 Å². The summed E-state index contributed by atoms with van der Waals surface area (Å²) in [6.07, 6.45) is 5.47. The van der Waals surface area contributed by atoms with E-state index in [1.807, 2.05) is 78.6 Å². The largest absolute Gasteiger partial charge is 0.340 e. The number of benzene rings is 1. The molecule has 0 aliphatic heterocycles. The molecule has 0 unspecified atom stereocenters. The molecule has 0 saturated carbocycles. The zero-order chi connectivity index (χ0) is 17.6. The van der Waals surface area contributed by atoms with Crippen LogP contribution in [0.3, 0.4) is 0 Å². The lowest BCUT2D eigenvalue weighted by molar-refractivity contribution is -0.125. The molecule has 0 fully saturated rings. The summed E-state index contributed by atoms with van der Waals surface area (Å²) in [6.45, 7) is 5.39. The van der Waals surface area contributed by atoms with Crippen LogP contribution >= 0.6 is 11.3 Å².